The second-order valence-corrected chi connectivity index (χ2v) is 4.22. The van der Waals surface area contributed by atoms with Crippen LogP contribution < -0.4 is 10.6 Å². The molecule has 1 saturated heterocycles. The van der Waals surface area contributed by atoms with Gasteiger partial charge in [-0.25, -0.2) is 9.97 Å². The van der Waals surface area contributed by atoms with Gasteiger partial charge in [-0.15, -0.1) is 0 Å². The summed E-state index contributed by atoms with van der Waals surface area (Å²) in [4.78, 5) is 11.1. The quantitative estimate of drug-likeness (QED) is 0.759. The lowest BCUT2D eigenvalue weighted by Crippen LogP contribution is -2.30. The van der Waals surface area contributed by atoms with E-state index in [2.05, 4.69) is 21.8 Å². The van der Waals surface area contributed by atoms with Crippen molar-refractivity contribution in [2.45, 2.75) is 25.8 Å². The van der Waals surface area contributed by atoms with Gasteiger partial charge in [-0.05, 0) is 19.8 Å². The van der Waals surface area contributed by atoms with Crippen LogP contribution in [0.4, 0.5) is 5.82 Å². The molecule has 0 saturated carbocycles. The molecule has 15 heavy (non-hydrogen) atoms. The molecule has 1 aliphatic rings. The highest BCUT2D eigenvalue weighted by molar-refractivity contribution is 7.80. The lowest BCUT2D eigenvalue weighted by molar-refractivity contribution is 0.724. The van der Waals surface area contributed by atoms with Crippen molar-refractivity contribution < 1.29 is 0 Å². The molecule has 2 N–H and O–H groups in total. The van der Waals surface area contributed by atoms with Gasteiger partial charge in [-0.2, -0.15) is 0 Å². The number of aromatic nitrogens is 2. The van der Waals surface area contributed by atoms with E-state index in [0.29, 0.717) is 16.7 Å². The molecule has 1 aromatic heterocycles. The normalized spacial score (nSPS) is 20.6. The zero-order valence-corrected chi connectivity index (χ0v) is 9.50. The predicted molar refractivity (Wildman–Crippen MR) is 64.0 cm³/mol. The molecule has 0 amide bonds. The van der Waals surface area contributed by atoms with Gasteiger partial charge in [-0.1, -0.05) is 12.2 Å². The van der Waals surface area contributed by atoms with E-state index < -0.39 is 0 Å². The summed E-state index contributed by atoms with van der Waals surface area (Å²) in [7, 11) is 0. The molecule has 5 heteroatoms. The molecule has 4 nitrogen and oxygen atoms in total. The Bertz CT molecular complexity index is 379. The molecule has 0 aromatic carbocycles. The minimum atomic E-state index is 0.317. The van der Waals surface area contributed by atoms with Crippen LogP contribution in [0.5, 0.6) is 0 Å². The first-order valence-electron chi connectivity index (χ1n) is 5.07. The van der Waals surface area contributed by atoms with Crippen LogP contribution in [0.3, 0.4) is 0 Å². The average Bonchev–Trinajstić information content (AvgIpc) is 2.64. The summed E-state index contributed by atoms with van der Waals surface area (Å²) in [5.41, 5.74) is 6.27. The Balaban J connectivity index is 2.38. The Morgan fingerprint density at radius 2 is 2.27 bits per heavy atom. The zero-order chi connectivity index (χ0) is 10.8. The average molecular weight is 222 g/mol. The van der Waals surface area contributed by atoms with E-state index in [9.17, 15) is 0 Å². The molecule has 0 aliphatic carbocycles. The Hall–Kier alpha value is -1.23. The Morgan fingerprint density at radius 1 is 1.53 bits per heavy atom. The lowest BCUT2D eigenvalue weighted by Gasteiger charge is -2.23. The Morgan fingerprint density at radius 3 is 2.87 bits per heavy atom. The fourth-order valence-electron chi connectivity index (χ4n) is 1.96. The SMILES string of the molecule is CC1CCCN1c1nccnc1C(N)=S. The molecule has 2 heterocycles. The molecule has 0 spiro atoms. The van der Waals surface area contributed by atoms with E-state index in [4.69, 9.17) is 18.0 Å². The van der Waals surface area contributed by atoms with Crippen LogP contribution in [0.25, 0.3) is 0 Å². The number of rotatable bonds is 2. The zero-order valence-electron chi connectivity index (χ0n) is 8.68. The summed E-state index contributed by atoms with van der Waals surface area (Å²) in [5, 5.41) is 0. The molecule has 1 atom stereocenters. The minimum Gasteiger partial charge on any atom is -0.388 e. The van der Waals surface area contributed by atoms with Gasteiger partial charge in [0, 0.05) is 25.0 Å². The van der Waals surface area contributed by atoms with Crippen LogP contribution >= 0.6 is 12.2 Å². The smallest absolute Gasteiger partial charge is 0.157 e. The standard InChI is InChI=1S/C10H14N4S/c1-7-3-2-6-14(7)10-8(9(11)15)12-4-5-13-10/h4-5,7H,2-3,6H2,1H3,(H2,11,15). The largest absolute Gasteiger partial charge is 0.388 e. The molecule has 1 aliphatic heterocycles. The summed E-state index contributed by atoms with van der Waals surface area (Å²) < 4.78 is 0. The summed E-state index contributed by atoms with van der Waals surface area (Å²) in [5.74, 6) is 0.829. The van der Waals surface area contributed by atoms with Crippen molar-refractivity contribution in [2.24, 2.45) is 5.73 Å². The van der Waals surface area contributed by atoms with Crippen LogP contribution in [-0.4, -0.2) is 27.5 Å². The van der Waals surface area contributed by atoms with Crippen molar-refractivity contribution >= 4 is 23.0 Å². The number of hydrogen-bond donors (Lipinski definition) is 1. The number of anilines is 1. The third kappa shape index (κ3) is 1.92. The van der Waals surface area contributed by atoms with Crippen LogP contribution in [0, 0.1) is 0 Å². The van der Waals surface area contributed by atoms with Crippen LogP contribution in [0.15, 0.2) is 12.4 Å². The van der Waals surface area contributed by atoms with E-state index in [0.717, 1.165) is 12.4 Å². The van der Waals surface area contributed by atoms with Gasteiger partial charge < -0.3 is 10.6 Å². The van der Waals surface area contributed by atoms with Crippen LogP contribution in [0.2, 0.25) is 0 Å². The monoisotopic (exact) mass is 222 g/mol. The van der Waals surface area contributed by atoms with Gasteiger partial charge in [0.05, 0.1) is 0 Å². The second-order valence-electron chi connectivity index (χ2n) is 3.78. The highest BCUT2D eigenvalue weighted by atomic mass is 32.1. The Labute approximate surface area is 94.5 Å². The molecular formula is C10H14N4S. The first kappa shape index (κ1) is 10.3. The summed E-state index contributed by atoms with van der Waals surface area (Å²) in [6.07, 6.45) is 5.68. The molecule has 1 fully saturated rings. The van der Waals surface area contributed by atoms with Gasteiger partial charge in [0.2, 0.25) is 0 Å². The number of hydrogen-bond acceptors (Lipinski definition) is 4. The minimum absolute atomic E-state index is 0.317. The summed E-state index contributed by atoms with van der Waals surface area (Å²) in [6.45, 7) is 3.19. The van der Waals surface area contributed by atoms with Gasteiger partial charge in [0.15, 0.2) is 5.82 Å². The first-order valence-corrected chi connectivity index (χ1v) is 5.48. The van der Waals surface area contributed by atoms with Crippen molar-refractivity contribution in [1.82, 2.24) is 9.97 Å². The number of nitrogens with zero attached hydrogens (tertiary/aromatic N) is 3. The molecule has 80 valence electrons. The van der Waals surface area contributed by atoms with Gasteiger partial charge in [0.25, 0.3) is 0 Å². The van der Waals surface area contributed by atoms with Crippen molar-refractivity contribution in [3.8, 4) is 0 Å². The third-order valence-electron chi connectivity index (χ3n) is 2.74. The van der Waals surface area contributed by atoms with Crippen LogP contribution in [0.1, 0.15) is 25.5 Å². The van der Waals surface area contributed by atoms with Crippen molar-refractivity contribution in [3.05, 3.63) is 18.1 Å². The van der Waals surface area contributed by atoms with Crippen molar-refractivity contribution in [2.75, 3.05) is 11.4 Å². The molecule has 0 radical (unpaired) electrons. The fourth-order valence-corrected chi connectivity index (χ4v) is 2.11. The van der Waals surface area contributed by atoms with E-state index in [-0.39, 0.29) is 0 Å². The Kier molecular flexibility index (Phi) is 2.81. The van der Waals surface area contributed by atoms with Gasteiger partial charge >= 0.3 is 0 Å². The highest BCUT2D eigenvalue weighted by Gasteiger charge is 2.24. The van der Waals surface area contributed by atoms with Crippen LogP contribution in [-0.2, 0) is 0 Å². The summed E-state index contributed by atoms with van der Waals surface area (Å²) >= 11 is 4.97. The van der Waals surface area contributed by atoms with E-state index >= 15 is 0 Å². The maximum atomic E-state index is 5.63. The molecule has 2 rings (SSSR count). The second kappa shape index (κ2) is 4.10. The third-order valence-corrected chi connectivity index (χ3v) is 2.93. The predicted octanol–water partition coefficient (Wildman–Crippen LogP) is 1.10. The number of thiocarbonyl (C=S) groups is 1. The van der Waals surface area contributed by atoms with Crippen molar-refractivity contribution in [1.29, 1.82) is 0 Å². The van der Waals surface area contributed by atoms with Crippen molar-refractivity contribution in [3.63, 3.8) is 0 Å². The first-order chi connectivity index (χ1) is 7.20. The topological polar surface area (TPSA) is 55.0 Å². The summed E-state index contributed by atoms with van der Waals surface area (Å²) in [6, 6.07) is 0.495. The highest BCUT2D eigenvalue weighted by Crippen LogP contribution is 2.25. The fraction of sp³-hybridized carbons (Fsp3) is 0.500. The van der Waals surface area contributed by atoms with Gasteiger partial charge in [-0.3, -0.25) is 0 Å². The van der Waals surface area contributed by atoms with E-state index in [1.165, 1.54) is 12.8 Å². The maximum absolute atomic E-state index is 5.63. The molecule has 1 aromatic rings. The molecule has 1 unspecified atom stereocenters. The number of nitrogens with two attached hydrogens (primary N) is 1. The van der Waals surface area contributed by atoms with E-state index in [1.807, 2.05) is 0 Å². The molecular weight excluding hydrogens is 208 g/mol. The van der Waals surface area contributed by atoms with E-state index in [1.54, 1.807) is 12.4 Å². The van der Waals surface area contributed by atoms with Gasteiger partial charge in [0.1, 0.15) is 10.7 Å². The maximum Gasteiger partial charge on any atom is 0.157 e. The lowest BCUT2D eigenvalue weighted by atomic mass is 10.2. The molecule has 0 bridgehead atoms.